The van der Waals surface area contributed by atoms with Gasteiger partial charge in [-0.05, 0) is 38.5 Å². The molecule has 2 amide bonds. The Balaban J connectivity index is 1.88. The van der Waals surface area contributed by atoms with Crippen molar-refractivity contribution < 1.29 is 24.0 Å². The number of esters is 1. The molecule has 9 nitrogen and oxygen atoms in total. The Labute approximate surface area is 185 Å². The molecule has 0 radical (unpaired) electrons. The zero-order valence-electron chi connectivity index (χ0n) is 17.9. The molecular weight excluding hydrogens is 414 g/mol. The van der Waals surface area contributed by atoms with E-state index in [0.29, 0.717) is 18.7 Å². The number of hydrogen-bond acceptors (Lipinski definition) is 6. The largest absolute Gasteiger partial charge is 0.463 e. The highest BCUT2D eigenvalue weighted by atomic mass is 16.6. The van der Waals surface area contributed by atoms with Crippen LogP contribution in [-0.2, 0) is 14.3 Å². The maximum atomic E-state index is 13.0. The van der Waals surface area contributed by atoms with Crippen LogP contribution in [-0.4, -0.2) is 35.4 Å². The Morgan fingerprint density at radius 1 is 1.19 bits per heavy atom. The summed E-state index contributed by atoms with van der Waals surface area (Å²) in [7, 11) is 0. The Kier molecular flexibility index (Phi) is 7.19. The predicted octanol–water partition coefficient (Wildman–Crippen LogP) is 3.53. The smallest absolute Gasteiger partial charge is 0.308 e. The van der Waals surface area contributed by atoms with Gasteiger partial charge in [-0.3, -0.25) is 24.5 Å². The normalized spacial score (nSPS) is 14.3. The molecule has 1 heterocycles. The van der Waals surface area contributed by atoms with E-state index in [1.165, 1.54) is 18.2 Å². The fourth-order valence-electron chi connectivity index (χ4n) is 3.64. The summed E-state index contributed by atoms with van der Waals surface area (Å²) >= 11 is 0. The van der Waals surface area contributed by atoms with Gasteiger partial charge in [0, 0.05) is 30.3 Å². The second-order valence-electron chi connectivity index (χ2n) is 7.78. The summed E-state index contributed by atoms with van der Waals surface area (Å²) in [6.45, 7) is 3.98. The lowest BCUT2D eigenvalue weighted by atomic mass is 10.0. The van der Waals surface area contributed by atoms with Crippen molar-refractivity contribution in [1.82, 2.24) is 5.32 Å². The third-order valence-corrected chi connectivity index (χ3v) is 5.05. The van der Waals surface area contributed by atoms with E-state index in [4.69, 9.17) is 4.74 Å². The number of hydrogen-bond donors (Lipinski definition) is 1. The molecule has 1 unspecified atom stereocenters. The van der Waals surface area contributed by atoms with Crippen LogP contribution in [0.3, 0.4) is 0 Å². The third-order valence-electron chi connectivity index (χ3n) is 5.05. The number of para-hydroxylation sites is 1. The minimum atomic E-state index is -0.965. The number of nitro benzene ring substituents is 1. The first kappa shape index (κ1) is 22.9. The van der Waals surface area contributed by atoms with E-state index in [1.807, 2.05) is 0 Å². The molecule has 0 aliphatic carbocycles. The van der Waals surface area contributed by atoms with Gasteiger partial charge in [-0.1, -0.05) is 24.3 Å². The van der Waals surface area contributed by atoms with Gasteiger partial charge >= 0.3 is 5.97 Å². The lowest BCUT2D eigenvalue weighted by Crippen LogP contribution is -2.32. The Bertz CT molecular complexity index is 1040. The monoisotopic (exact) mass is 439 g/mol. The number of nitrogens with one attached hydrogen (secondary N) is 1. The molecule has 2 aromatic rings. The molecule has 0 bridgehead atoms. The van der Waals surface area contributed by atoms with Crippen molar-refractivity contribution in [2.45, 2.75) is 45.3 Å². The zero-order chi connectivity index (χ0) is 23.3. The standard InChI is InChI=1S/C23H25N3O6/c1-15(2)32-22(28)14-19(18-9-3-4-10-20(18)26(30)31)24-23(29)16-7-5-8-17(13-16)25-12-6-11-21(25)27/h3-5,7-10,13,15,19H,6,11-12,14H2,1-2H3,(H,24,29). The van der Waals surface area contributed by atoms with Gasteiger partial charge in [0.25, 0.3) is 11.6 Å². The molecule has 0 spiro atoms. The molecule has 32 heavy (non-hydrogen) atoms. The molecule has 1 aliphatic rings. The number of carbonyl (C=O) groups is 3. The molecule has 168 valence electrons. The Hall–Kier alpha value is -3.75. The van der Waals surface area contributed by atoms with Gasteiger partial charge in [0.15, 0.2) is 0 Å². The summed E-state index contributed by atoms with van der Waals surface area (Å²) < 4.78 is 5.18. The first-order valence-electron chi connectivity index (χ1n) is 10.4. The van der Waals surface area contributed by atoms with Crippen molar-refractivity contribution in [2.75, 3.05) is 11.4 Å². The van der Waals surface area contributed by atoms with Crippen LogP contribution in [0.5, 0.6) is 0 Å². The second kappa shape index (κ2) is 10.0. The minimum Gasteiger partial charge on any atom is -0.463 e. The van der Waals surface area contributed by atoms with E-state index in [9.17, 15) is 24.5 Å². The van der Waals surface area contributed by atoms with E-state index in [2.05, 4.69) is 5.32 Å². The van der Waals surface area contributed by atoms with Crippen LogP contribution in [0.2, 0.25) is 0 Å². The quantitative estimate of drug-likeness (QED) is 0.382. The van der Waals surface area contributed by atoms with Gasteiger partial charge in [0.2, 0.25) is 5.91 Å². The lowest BCUT2D eigenvalue weighted by molar-refractivity contribution is -0.385. The molecule has 1 aliphatic heterocycles. The highest BCUT2D eigenvalue weighted by molar-refractivity contribution is 5.99. The average Bonchev–Trinajstić information content (AvgIpc) is 3.18. The maximum absolute atomic E-state index is 13.0. The van der Waals surface area contributed by atoms with Crippen molar-refractivity contribution in [3.63, 3.8) is 0 Å². The summed E-state index contributed by atoms with van der Waals surface area (Å²) in [5.41, 5.74) is 0.897. The van der Waals surface area contributed by atoms with E-state index in [1.54, 1.807) is 49.1 Å². The van der Waals surface area contributed by atoms with Gasteiger partial charge < -0.3 is 15.0 Å². The van der Waals surface area contributed by atoms with Gasteiger partial charge in [-0.25, -0.2) is 0 Å². The highest BCUT2D eigenvalue weighted by Crippen LogP contribution is 2.28. The van der Waals surface area contributed by atoms with E-state index in [0.717, 1.165) is 6.42 Å². The van der Waals surface area contributed by atoms with Crippen LogP contribution in [0.25, 0.3) is 0 Å². The van der Waals surface area contributed by atoms with Gasteiger partial charge in [0.05, 0.1) is 29.1 Å². The molecule has 1 fully saturated rings. The fourth-order valence-corrected chi connectivity index (χ4v) is 3.64. The summed E-state index contributed by atoms with van der Waals surface area (Å²) in [6, 6.07) is 11.6. The van der Waals surface area contributed by atoms with Crippen LogP contribution in [0.15, 0.2) is 48.5 Å². The SMILES string of the molecule is CC(C)OC(=O)CC(NC(=O)c1cccc(N2CCCC2=O)c1)c1ccccc1[N+](=O)[O-]. The molecule has 0 saturated carbocycles. The number of anilines is 1. The molecule has 0 aromatic heterocycles. The van der Waals surface area contributed by atoms with Crippen molar-refractivity contribution in [3.8, 4) is 0 Å². The summed E-state index contributed by atoms with van der Waals surface area (Å²) in [4.78, 5) is 50.0. The molecule has 3 rings (SSSR count). The van der Waals surface area contributed by atoms with Crippen molar-refractivity contribution in [1.29, 1.82) is 0 Å². The molecular formula is C23H25N3O6. The predicted molar refractivity (Wildman–Crippen MR) is 117 cm³/mol. The van der Waals surface area contributed by atoms with Crippen molar-refractivity contribution >= 4 is 29.2 Å². The number of nitro groups is 1. The number of rotatable bonds is 8. The number of nitrogens with zero attached hydrogens (tertiary/aromatic N) is 2. The van der Waals surface area contributed by atoms with E-state index in [-0.39, 0.29) is 35.2 Å². The number of amides is 2. The van der Waals surface area contributed by atoms with Gasteiger partial charge in [-0.2, -0.15) is 0 Å². The van der Waals surface area contributed by atoms with Crippen molar-refractivity contribution in [2.24, 2.45) is 0 Å². The molecule has 1 atom stereocenters. The van der Waals surface area contributed by atoms with Crippen LogP contribution in [0.1, 0.15) is 55.1 Å². The summed E-state index contributed by atoms with van der Waals surface area (Å²) in [5, 5.41) is 14.2. The highest BCUT2D eigenvalue weighted by Gasteiger charge is 2.28. The van der Waals surface area contributed by atoms with Gasteiger partial charge in [0.1, 0.15) is 0 Å². The molecule has 1 N–H and O–H groups in total. The Morgan fingerprint density at radius 3 is 2.59 bits per heavy atom. The zero-order valence-corrected chi connectivity index (χ0v) is 17.9. The number of benzene rings is 2. The maximum Gasteiger partial charge on any atom is 0.308 e. The van der Waals surface area contributed by atoms with Crippen LogP contribution < -0.4 is 10.2 Å². The topological polar surface area (TPSA) is 119 Å². The van der Waals surface area contributed by atoms with Crippen LogP contribution >= 0.6 is 0 Å². The summed E-state index contributed by atoms with van der Waals surface area (Å²) in [6.07, 6.45) is 0.597. The summed E-state index contributed by atoms with van der Waals surface area (Å²) in [5.74, 6) is -1.10. The number of carbonyl (C=O) groups excluding carboxylic acids is 3. The Morgan fingerprint density at radius 2 is 1.94 bits per heavy atom. The molecule has 1 saturated heterocycles. The first-order valence-corrected chi connectivity index (χ1v) is 10.4. The van der Waals surface area contributed by atoms with Crippen LogP contribution in [0, 0.1) is 10.1 Å². The second-order valence-corrected chi connectivity index (χ2v) is 7.78. The fraction of sp³-hybridized carbons (Fsp3) is 0.348. The third kappa shape index (κ3) is 5.48. The van der Waals surface area contributed by atoms with Crippen LogP contribution in [0.4, 0.5) is 11.4 Å². The van der Waals surface area contributed by atoms with Crippen molar-refractivity contribution in [3.05, 3.63) is 69.8 Å². The minimum absolute atomic E-state index is 0.00299. The first-order chi connectivity index (χ1) is 15.3. The number of ether oxygens (including phenoxy) is 1. The molecule has 9 heteroatoms. The van der Waals surface area contributed by atoms with E-state index < -0.39 is 22.8 Å². The molecule has 2 aromatic carbocycles. The van der Waals surface area contributed by atoms with Gasteiger partial charge in [-0.15, -0.1) is 0 Å². The average molecular weight is 439 g/mol. The lowest BCUT2D eigenvalue weighted by Gasteiger charge is -2.20. The van der Waals surface area contributed by atoms with E-state index >= 15 is 0 Å².